The van der Waals surface area contributed by atoms with Gasteiger partial charge in [-0.05, 0) is 36.8 Å². The lowest BCUT2D eigenvalue weighted by atomic mass is 10.1. The number of benzene rings is 2. The summed E-state index contributed by atoms with van der Waals surface area (Å²) in [5.74, 6) is 0.599. The number of anilines is 3. The minimum Gasteiger partial charge on any atom is -0.388 e. The monoisotopic (exact) mass is 343 g/mol. The van der Waals surface area contributed by atoms with Crippen LogP contribution in [0.3, 0.4) is 0 Å². The minimum atomic E-state index is 0.599. The minimum absolute atomic E-state index is 0.599. The van der Waals surface area contributed by atoms with Gasteiger partial charge < -0.3 is 15.2 Å². The van der Waals surface area contributed by atoms with Gasteiger partial charge in [-0.1, -0.05) is 35.9 Å². The van der Waals surface area contributed by atoms with Crippen molar-refractivity contribution in [2.75, 3.05) is 17.7 Å². The van der Waals surface area contributed by atoms with Crippen LogP contribution in [0.25, 0.3) is 11.0 Å². The fourth-order valence-corrected chi connectivity index (χ4v) is 3.09. The molecule has 0 fully saturated rings. The molecule has 0 unspecified atom stereocenters. The maximum absolute atomic E-state index is 4.72. The summed E-state index contributed by atoms with van der Waals surface area (Å²) in [6.07, 6.45) is 3.92. The van der Waals surface area contributed by atoms with Gasteiger partial charge in [-0.25, -0.2) is 4.98 Å². The highest BCUT2D eigenvalue weighted by Gasteiger charge is 2.09. The van der Waals surface area contributed by atoms with Crippen LogP contribution < -0.4 is 10.6 Å². The molecule has 0 aliphatic rings. The summed E-state index contributed by atoms with van der Waals surface area (Å²) in [6.45, 7) is 2.86. The Kier molecular flexibility index (Phi) is 4.27. The summed E-state index contributed by atoms with van der Waals surface area (Å²) >= 11 is 0. The van der Waals surface area contributed by atoms with Crippen molar-refractivity contribution in [1.82, 2.24) is 14.5 Å². The number of aromatic nitrogens is 3. The summed E-state index contributed by atoms with van der Waals surface area (Å²) in [4.78, 5) is 9.15. The smallest absolute Gasteiger partial charge is 0.229 e. The van der Waals surface area contributed by atoms with E-state index in [2.05, 4.69) is 57.6 Å². The molecular weight excluding hydrogens is 322 g/mol. The third kappa shape index (κ3) is 3.24. The molecule has 26 heavy (non-hydrogen) atoms. The number of hydrogen-bond donors (Lipinski definition) is 2. The number of nitrogens with one attached hydrogen (secondary N) is 2. The Bertz CT molecular complexity index is 1040. The van der Waals surface area contributed by atoms with Crippen LogP contribution in [0.4, 0.5) is 17.3 Å². The van der Waals surface area contributed by atoms with E-state index in [0.717, 1.165) is 29.0 Å². The second-order valence-electron chi connectivity index (χ2n) is 6.32. The normalized spacial score (nSPS) is 10.8. The van der Waals surface area contributed by atoms with Crippen molar-refractivity contribution in [3.63, 3.8) is 0 Å². The third-order valence-corrected chi connectivity index (χ3v) is 4.40. The Morgan fingerprint density at radius 3 is 2.69 bits per heavy atom. The van der Waals surface area contributed by atoms with E-state index in [9.17, 15) is 0 Å². The second kappa shape index (κ2) is 6.88. The number of aryl methyl sites for hydroxylation is 1. The summed E-state index contributed by atoms with van der Waals surface area (Å²) in [6, 6.07) is 18.5. The van der Waals surface area contributed by atoms with E-state index in [4.69, 9.17) is 4.98 Å². The molecule has 0 aliphatic heterocycles. The SMILES string of the molecule is CNc1ccc(C)cc1Cn1ccc2cnc(Nc3ccccc3)nc21. The first kappa shape index (κ1) is 16.1. The van der Waals surface area contributed by atoms with Crippen LogP contribution in [0.5, 0.6) is 0 Å². The predicted molar refractivity (Wildman–Crippen MR) is 107 cm³/mol. The zero-order valence-corrected chi connectivity index (χ0v) is 14.9. The first-order valence-corrected chi connectivity index (χ1v) is 8.64. The lowest BCUT2D eigenvalue weighted by molar-refractivity contribution is 0.824. The lowest BCUT2D eigenvalue weighted by Crippen LogP contribution is -2.05. The van der Waals surface area contributed by atoms with E-state index < -0.39 is 0 Å². The van der Waals surface area contributed by atoms with E-state index in [1.165, 1.54) is 11.1 Å². The topological polar surface area (TPSA) is 54.8 Å². The summed E-state index contributed by atoms with van der Waals surface area (Å²) in [5.41, 5.74) is 5.51. The highest BCUT2D eigenvalue weighted by atomic mass is 15.1. The van der Waals surface area contributed by atoms with E-state index in [-0.39, 0.29) is 0 Å². The van der Waals surface area contributed by atoms with Gasteiger partial charge in [0.25, 0.3) is 0 Å². The lowest BCUT2D eigenvalue weighted by Gasteiger charge is -2.12. The summed E-state index contributed by atoms with van der Waals surface area (Å²) in [5, 5.41) is 7.56. The molecule has 4 rings (SSSR count). The van der Waals surface area contributed by atoms with Crippen LogP contribution in [0.15, 0.2) is 67.0 Å². The Morgan fingerprint density at radius 2 is 1.88 bits per heavy atom. The number of rotatable bonds is 5. The highest BCUT2D eigenvalue weighted by Crippen LogP contribution is 2.22. The van der Waals surface area contributed by atoms with Gasteiger partial charge in [0, 0.05) is 36.2 Å². The first-order valence-electron chi connectivity index (χ1n) is 8.64. The zero-order valence-electron chi connectivity index (χ0n) is 14.9. The van der Waals surface area contributed by atoms with Crippen LogP contribution in [-0.2, 0) is 6.54 Å². The Hall–Kier alpha value is -3.34. The molecule has 5 heteroatoms. The number of para-hydroxylation sites is 1. The molecule has 4 aromatic rings. The van der Waals surface area contributed by atoms with E-state index in [0.29, 0.717) is 5.95 Å². The second-order valence-corrected chi connectivity index (χ2v) is 6.32. The van der Waals surface area contributed by atoms with Crippen LogP contribution in [-0.4, -0.2) is 21.6 Å². The maximum Gasteiger partial charge on any atom is 0.229 e. The molecular formula is C21H21N5. The van der Waals surface area contributed by atoms with Crippen LogP contribution in [0.1, 0.15) is 11.1 Å². The quantitative estimate of drug-likeness (QED) is 0.557. The number of nitrogens with zero attached hydrogens (tertiary/aromatic N) is 3. The molecule has 2 aromatic carbocycles. The largest absolute Gasteiger partial charge is 0.388 e. The molecule has 0 spiro atoms. The standard InChI is InChI=1S/C21H21N5/c1-15-8-9-19(22-2)17(12-15)14-26-11-10-16-13-23-21(25-20(16)26)24-18-6-4-3-5-7-18/h3-13,22H,14H2,1-2H3,(H,23,24,25). The molecule has 0 bridgehead atoms. The Morgan fingerprint density at radius 1 is 1.04 bits per heavy atom. The maximum atomic E-state index is 4.72. The van der Waals surface area contributed by atoms with Gasteiger partial charge in [0.2, 0.25) is 5.95 Å². The van der Waals surface area contributed by atoms with Gasteiger partial charge in [0.05, 0.1) is 6.54 Å². The fourth-order valence-electron chi connectivity index (χ4n) is 3.09. The van der Waals surface area contributed by atoms with Gasteiger partial charge >= 0.3 is 0 Å². The molecule has 2 heterocycles. The van der Waals surface area contributed by atoms with Gasteiger partial charge in [0.15, 0.2) is 0 Å². The van der Waals surface area contributed by atoms with Crippen molar-refractivity contribution in [2.45, 2.75) is 13.5 Å². The molecule has 5 nitrogen and oxygen atoms in total. The van der Waals surface area contributed by atoms with E-state index in [1.54, 1.807) is 0 Å². The van der Waals surface area contributed by atoms with Crippen LogP contribution >= 0.6 is 0 Å². The number of hydrogen-bond acceptors (Lipinski definition) is 4. The molecule has 130 valence electrons. The zero-order chi connectivity index (χ0) is 17.9. The van der Waals surface area contributed by atoms with Crippen molar-refractivity contribution in [1.29, 1.82) is 0 Å². The number of fused-ring (bicyclic) bond motifs is 1. The van der Waals surface area contributed by atoms with Gasteiger partial charge in [-0.2, -0.15) is 4.98 Å². The molecule has 0 amide bonds. The van der Waals surface area contributed by atoms with Crippen molar-refractivity contribution in [3.05, 3.63) is 78.1 Å². The van der Waals surface area contributed by atoms with E-state index >= 15 is 0 Å². The highest BCUT2D eigenvalue weighted by molar-refractivity contribution is 5.77. The van der Waals surface area contributed by atoms with Crippen LogP contribution in [0, 0.1) is 6.92 Å². The Labute approximate surface area is 152 Å². The van der Waals surface area contributed by atoms with E-state index in [1.807, 2.05) is 43.6 Å². The van der Waals surface area contributed by atoms with Crippen molar-refractivity contribution < 1.29 is 0 Å². The van der Waals surface area contributed by atoms with Gasteiger partial charge in [0.1, 0.15) is 5.65 Å². The molecule has 0 atom stereocenters. The molecule has 0 saturated carbocycles. The van der Waals surface area contributed by atoms with Crippen molar-refractivity contribution in [2.24, 2.45) is 0 Å². The van der Waals surface area contributed by atoms with Crippen molar-refractivity contribution >= 4 is 28.4 Å². The first-order chi connectivity index (χ1) is 12.7. The molecule has 2 N–H and O–H groups in total. The summed E-state index contributed by atoms with van der Waals surface area (Å²) < 4.78 is 2.16. The van der Waals surface area contributed by atoms with Gasteiger partial charge in [-0.3, -0.25) is 0 Å². The molecule has 0 aliphatic carbocycles. The molecule has 2 aromatic heterocycles. The molecule has 0 radical (unpaired) electrons. The average molecular weight is 343 g/mol. The average Bonchev–Trinajstić information content (AvgIpc) is 3.05. The predicted octanol–water partition coefficient (Wildman–Crippen LogP) is 4.57. The fraction of sp³-hybridized carbons (Fsp3) is 0.143. The van der Waals surface area contributed by atoms with Gasteiger partial charge in [-0.15, -0.1) is 0 Å². The molecule has 0 saturated heterocycles. The Balaban J connectivity index is 1.68. The van der Waals surface area contributed by atoms with Crippen LogP contribution in [0.2, 0.25) is 0 Å². The van der Waals surface area contributed by atoms with Crippen molar-refractivity contribution in [3.8, 4) is 0 Å². The third-order valence-electron chi connectivity index (χ3n) is 4.40. The summed E-state index contributed by atoms with van der Waals surface area (Å²) in [7, 11) is 1.95.